The van der Waals surface area contributed by atoms with Crippen LogP contribution in [0, 0.1) is 0 Å². The second kappa shape index (κ2) is 12.8. The second-order valence-corrected chi connectivity index (χ2v) is 12.6. The first-order chi connectivity index (χ1) is 24.7. The summed E-state index contributed by atoms with van der Waals surface area (Å²) in [5, 5.41) is 3.61. The zero-order chi connectivity index (χ0) is 33.3. The van der Waals surface area contributed by atoms with Crippen LogP contribution in [0.4, 0.5) is 17.1 Å². The molecule has 0 saturated heterocycles. The maximum atomic E-state index is 6.18. The number of benzene rings is 8. The maximum absolute atomic E-state index is 6.18. The van der Waals surface area contributed by atoms with Gasteiger partial charge in [0, 0.05) is 28.0 Å². The van der Waals surface area contributed by atoms with Crippen molar-refractivity contribution in [1.82, 2.24) is 0 Å². The first-order valence-corrected chi connectivity index (χ1v) is 17.0. The van der Waals surface area contributed by atoms with Crippen molar-refractivity contribution in [1.29, 1.82) is 0 Å². The van der Waals surface area contributed by atoms with Crippen LogP contribution in [-0.2, 0) is 0 Å². The summed E-state index contributed by atoms with van der Waals surface area (Å²) in [6.45, 7) is 0. The molecule has 1 heterocycles. The second-order valence-electron chi connectivity index (χ2n) is 12.6. The molecule has 0 aliphatic carbocycles. The third-order valence-electron chi connectivity index (χ3n) is 9.47. The van der Waals surface area contributed by atoms with Gasteiger partial charge in [-0.25, -0.2) is 0 Å². The van der Waals surface area contributed by atoms with E-state index in [2.05, 4.69) is 187 Å². The fourth-order valence-corrected chi connectivity index (χ4v) is 6.83. The van der Waals surface area contributed by atoms with Crippen LogP contribution in [0.15, 0.2) is 205 Å². The van der Waals surface area contributed by atoms with E-state index in [1.165, 1.54) is 33.0 Å². The molecule has 2 heteroatoms. The van der Waals surface area contributed by atoms with Gasteiger partial charge in [-0.15, -0.1) is 0 Å². The van der Waals surface area contributed by atoms with Crippen molar-refractivity contribution in [3.8, 4) is 44.7 Å². The van der Waals surface area contributed by atoms with Crippen molar-refractivity contribution in [3.63, 3.8) is 0 Å². The molecular weight excluding hydrogens is 607 g/mol. The van der Waals surface area contributed by atoms with Gasteiger partial charge in [-0.05, 0) is 105 Å². The van der Waals surface area contributed by atoms with Crippen LogP contribution in [0.5, 0.6) is 0 Å². The molecule has 2 nitrogen and oxygen atoms in total. The highest BCUT2D eigenvalue weighted by molar-refractivity contribution is 5.88. The number of nitrogens with zero attached hydrogens (tertiary/aromatic N) is 1. The lowest BCUT2D eigenvalue weighted by Crippen LogP contribution is -2.09. The lowest BCUT2D eigenvalue weighted by molar-refractivity contribution is 0.631. The van der Waals surface area contributed by atoms with E-state index in [0.717, 1.165) is 50.5 Å². The first kappa shape index (κ1) is 29.5. The Hall–Kier alpha value is -6.64. The van der Waals surface area contributed by atoms with Crippen LogP contribution < -0.4 is 4.90 Å². The molecule has 0 atom stereocenters. The van der Waals surface area contributed by atoms with Crippen LogP contribution in [-0.4, -0.2) is 0 Å². The van der Waals surface area contributed by atoms with E-state index < -0.39 is 0 Å². The van der Waals surface area contributed by atoms with Crippen LogP contribution >= 0.6 is 0 Å². The monoisotopic (exact) mass is 639 g/mol. The summed E-state index contributed by atoms with van der Waals surface area (Å²) < 4.78 is 6.18. The Morgan fingerprint density at radius 2 is 0.740 bits per heavy atom. The molecular formula is C48H33NO. The Morgan fingerprint density at radius 1 is 0.280 bits per heavy atom. The Morgan fingerprint density at radius 3 is 1.38 bits per heavy atom. The summed E-state index contributed by atoms with van der Waals surface area (Å²) in [7, 11) is 0. The van der Waals surface area contributed by atoms with Gasteiger partial charge in [0.1, 0.15) is 11.3 Å². The number of anilines is 3. The number of fused-ring (bicyclic) bond motifs is 2. The van der Waals surface area contributed by atoms with Crippen molar-refractivity contribution in [2.75, 3.05) is 4.90 Å². The average molecular weight is 640 g/mol. The van der Waals surface area contributed by atoms with Crippen LogP contribution in [0.2, 0.25) is 0 Å². The number of rotatable bonds is 7. The van der Waals surface area contributed by atoms with E-state index in [9.17, 15) is 0 Å². The lowest BCUT2D eigenvalue weighted by Gasteiger charge is -2.26. The van der Waals surface area contributed by atoms with Crippen molar-refractivity contribution in [3.05, 3.63) is 200 Å². The molecule has 50 heavy (non-hydrogen) atoms. The highest BCUT2D eigenvalue weighted by atomic mass is 16.3. The number of hydrogen-bond acceptors (Lipinski definition) is 2. The highest BCUT2D eigenvalue weighted by Gasteiger charge is 2.15. The van der Waals surface area contributed by atoms with E-state index in [4.69, 9.17) is 4.42 Å². The molecule has 0 bridgehead atoms. The fraction of sp³-hybridized carbons (Fsp3) is 0. The molecule has 0 radical (unpaired) electrons. The van der Waals surface area contributed by atoms with Crippen molar-refractivity contribution in [2.24, 2.45) is 0 Å². The van der Waals surface area contributed by atoms with E-state index in [-0.39, 0.29) is 0 Å². The van der Waals surface area contributed by atoms with E-state index in [1.54, 1.807) is 0 Å². The molecule has 236 valence electrons. The number of furan rings is 1. The molecule has 0 amide bonds. The van der Waals surface area contributed by atoms with Crippen LogP contribution in [0.25, 0.3) is 66.4 Å². The minimum Gasteiger partial charge on any atom is -0.456 e. The van der Waals surface area contributed by atoms with Gasteiger partial charge in [0.05, 0.1) is 0 Å². The smallest absolute Gasteiger partial charge is 0.135 e. The minimum absolute atomic E-state index is 0.877. The maximum Gasteiger partial charge on any atom is 0.135 e. The Labute approximate surface area is 292 Å². The summed E-state index contributed by atoms with van der Waals surface area (Å²) in [6, 6.07) is 71.1. The molecule has 1 aromatic heterocycles. The Balaban J connectivity index is 1.06. The SMILES string of the molecule is c1ccc(-c2ccc(N(c3ccc(-c4cccc(-c5cc6ccccc6o5)c4)cc3)c3ccc(-c4ccc5ccccc5c4)cc3)cc2)cc1. The quantitative estimate of drug-likeness (QED) is 0.173. The standard InChI is InChI=1S/C48H33NO/c1-2-9-34(10-3-1)36-19-25-44(26-20-36)49(46-29-23-38(24-30-46)41-18-17-35-11-4-5-12-39(35)31-41)45-27-21-37(22-28-45)40-14-8-15-42(32-40)48-33-43-13-6-7-16-47(43)50-48/h1-33H. The first-order valence-electron chi connectivity index (χ1n) is 17.0. The predicted octanol–water partition coefficient (Wildman–Crippen LogP) is 13.7. The van der Waals surface area contributed by atoms with E-state index in [0.29, 0.717) is 0 Å². The molecule has 8 aromatic carbocycles. The van der Waals surface area contributed by atoms with Gasteiger partial charge < -0.3 is 9.32 Å². The summed E-state index contributed by atoms with van der Waals surface area (Å²) in [5.74, 6) is 0.877. The van der Waals surface area contributed by atoms with Gasteiger partial charge in [0.25, 0.3) is 0 Å². The molecule has 0 aliphatic rings. The molecule has 0 spiro atoms. The molecule has 0 aliphatic heterocycles. The zero-order valence-electron chi connectivity index (χ0n) is 27.4. The Kier molecular flexibility index (Phi) is 7.53. The fourth-order valence-electron chi connectivity index (χ4n) is 6.83. The van der Waals surface area contributed by atoms with E-state index in [1.807, 2.05) is 18.2 Å². The van der Waals surface area contributed by atoms with Crippen LogP contribution in [0.3, 0.4) is 0 Å². The van der Waals surface area contributed by atoms with Crippen molar-refractivity contribution in [2.45, 2.75) is 0 Å². The van der Waals surface area contributed by atoms with Gasteiger partial charge in [-0.1, -0.05) is 140 Å². The number of para-hydroxylation sites is 1. The Bertz CT molecular complexity index is 2530. The van der Waals surface area contributed by atoms with Gasteiger partial charge >= 0.3 is 0 Å². The largest absolute Gasteiger partial charge is 0.456 e. The van der Waals surface area contributed by atoms with Gasteiger partial charge in [-0.2, -0.15) is 0 Å². The summed E-state index contributed by atoms with van der Waals surface area (Å²) >= 11 is 0. The van der Waals surface area contributed by atoms with Gasteiger partial charge in [-0.3, -0.25) is 0 Å². The molecule has 9 aromatic rings. The topological polar surface area (TPSA) is 16.4 Å². The summed E-state index contributed by atoms with van der Waals surface area (Å²) in [6.07, 6.45) is 0. The van der Waals surface area contributed by atoms with Gasteiger partial charge in [0.2, 0.25) is 0 Å². The zero-order valence-corrected chi connectivity index (χ0v) is 27.4. The minimum atomic E-state index is 0.877. The lowest BCUT2D eigenvalue weighted by atomic mass is 10.00. The van der Waals surface area contributed by atoms with Crippen LogP contribution in [0.1, 0.15) is 0 Å². The number of hydrogen-bond donors (Lipinski definition) is 0. The molecule has 0 fully saturated rings. The van der Waals surface area contributed by atoms with Crippen molar-refractivity contribution < 1.29 is 4.42 Å². The third kappa shape index (κ3) is 5.74. The normalized spacial score (nSPS) is 11.2. The molecule has 0 N–H and O–H groups in total. The molecule has 9 rings (SSSR count). The predicted molar refractivity (Wildman–Crippen MR) is 210 cm³/mol. The molecule has 0 unspecified atom stereocenters. The van der Waals surface area contributed by atoms with E-state index >= 15 is 0 Å². The summed E-state index contributed by atoms with van der Waals surface area (Å²) in [4.78, 5) is 2.33. The highest BCUT2D eigenvalue weighted by Crippen LogP contribution is 2.38. The third-order valence-corrected chi connectivity index (χ3v) is 9.47. The van der Waals surface area contributed by atoms with Gasteiger partial charge in [0.15, 0.2) is 0 Å². The average Bonchev–Trinajstić information content (AvgIpc) is 3.64. The van der Waals surface area contributed by atoms with Crippen molar-refractivity contribution >= 4 is 38.8 Å². The molecule has 0 saturated carbocycles. The summed E-state index contributed by atoms with van der Waals surface area (Å²) in [5.41, 5.74) is 12.4.